The summed E-state index contributed by atoms with van der Waals surface area (Å²) in [4.78, 5) is 23.4. The molecule has 32 heavy (non-hydrogen) atoms. The quantitative estimate of drug-likeness (QED) is 0.509. The van der Waals surface area contributed by atoms with E-state index in [1.54, 1.807) is 18.3 Å². The summed E-state index contributed by atoms with van der Waals surface area (Å²) in [5, 5.41) is 11.4. The Morgan fingerprint density at radius 3 is 2.41 bits per heavy atom. The Morgan fingerprint density at radius 2 is 1.66 bits per heavy atom. The van der Waals surface area contributed by atoms with Gasteiger partial charge >= 0.3 is 0 Å². The highest BCUT2D eigenvalue weighted by Gasteiger charge is 2.19. The van der Waals surface area contributed by atoms with Gasteiger partial charge < -0.3 is 20.4 Å². The minimum absolute atomic E-state index is 0.0291. The zero-order chi connectivity index (χ0) is 21.9. The van der Waals surface area contributed by atoms with Crippen LogP contribution in [0.2, 0.25) is 0 Å². The van der Waals surface area contributed by atoms with E-state index in [1.807, 2.05) is 47.4 Å². The molecule has 160 valence electrons. The average Bonchev–Trinajstić information content (AvgIpc) is 3.35. The van der Waals surface area contributed by atoms with Gasteiger partial charge in [-0.25, -0.2) is 9.97 Å². The summed E-state index contributed by atoms with van der Waals surface area (Å²) >= 11 is 0. The molecule has 2 aromatic heterocycles. The third kappa shape index (κ3) is 3.93. The van der Waals surface area contributed by atoms with E-state index < -0.39 is 0 Å². The lowest BCUT2D eigenvalue weighted by Gasteiger charge is -2.27. The highest BCUT2D eigenvalue weighted by atomic mass is 16.4. The molecule has 1 aliphatic heterocycles. The predicted molar refractivity (Wildman–Crippen MR) is 119 cm³/mol. The molecule has 0 saturated carbocycles. The molecule has 0 unspecified atom stereocenters. The molecule has 9 nitrogen and oxygen atoms in total. The Labute approximate surface area is 184 Å². The standard InChI is InChI=1S/C23H21N7O2/c24-20-19(22-29-28-21(32-22)16-4-2-1-3-5-16)27-18(14-26-20)15-6-8-17(9-7-15)23(31)30-12-10-25-11-13-30/h1-9,14,25H,10-13H2,(H2,24,26). The van der Waals surface area contributed by atoms with Gasteiger partial charge in [-0.15, -0.1) is 10.2 Å². The van der Waals surface area contributed by atoms with Crippen LogP contribution < -0.4 is 11.1 Å². The summed E-state index contributed by atoms with van der Waals surface area (Å²) < 4.78 is 5.79. The normalized spacial score (nSPS) is 13.8. The van der Waals surface area contributed by atoms with Crippen molar-refractivity contribution in [2.45, 2.75) is 0 Å². The molecule has 2 aromatic carbocycles. The molecular formula is C23H21N7O2. The zero-order valence-electron chi connectivity index (χ0n) is 17.2. The number of carbonyl (C=O) groups is 1. The maximum atomic E-state index is 12.7. The van der Waals surface area contributed by atoms with Crippen molar-refractivity contribution >= 4 is 11.7 Å². The van der Waals surface area contributed by atoms with E-state index in [2.05, 4.69) is 25.5 Å². The van der Waals surface area contributed by atoms with Gasteiger partial charge in [-0.05, 0) is 24.3 Å². The van der Waals surface area contributed by atoms with E-state index in [0.29, 0.717) is 35.9 Å². The molecule has 0 bridgehead atoms. The number of nitrogens with zero attached hydrogens (tertiary/aromatic N) is 5. The number of amides is 1. The van der Waals surface area contributed by atoms with Gasteiger partial charge in [-0.1, -0.05) is 30.3 Å². The lowest BCUT2D eigenvalue weighted by atomic mass is 10.1. The number of nitrogens with one attached hydrogen (secondary N) is 1. The van der Waals surface area contributed by atoms with E-state index >= 15 is 0 Å². The van der Waals surface area contributed by atoms with Crippen LogP contribution in [0.1, 0.15) is 10.4 Å². The van der Waals surface area contributed by atoms with Gasteiger partial charge in [0.1, 0.15) is 0 Å². The molecule has 4 aromatic rings. The second-order valence-corrected chi connectivity index (χ2v) is 7.39. The summed E-state index contributed by atoms with van der Waals surface area (Å²) in [5.74, 6) is 0.799. The van der Waals surface area contributed by atoms with E-state index in [9.17, 15) is 4.79 Å². The monoisotopic (exact) mass is 427 g/mol. The second kappa shape index (κ2) is 8.56. The average molecular weight is 427 g/mol. The van der Waals surface area contributed by atoms with Crippen molar-refractivity contribution in [2.75, 3.05) is 31.9 Å². The molecular weight excluding hydrogens is 406 g/mol. The summed E-state index contributed by atoms with van der Waals surface area (Å²) in [5.41, 5.74) is 9.20. The highest BCUT2D eigenvalue weighted by molar-refractivity contribution is 5.94. The smallest absolute Gasteiger partial charge is 0.270 e. The molecule has 1 amide bonds. The molecule has 0 aliphatic carbocycles. The maximum absolute atomic E-state index is 12.7. The second-order valence-electron chi connectivity index (χ2n) is 7.39. The van der Waals surface area contributed by atoms with Crippen LogP contribution in [0.5, 0.6) is 0 Å². The van der Waals surface area contributed by atoms with Crippen LogP contribution in [-0.2, 0) is 0 Å². The fourth-order valence-electron chi connectivity index (χ4n) is 3.55. The first-order chi connectivity index (χ1) is 15.7. The molecule has 9 heteroatoms. The number of nitrogen functional groups attached to an aromatic ring is 1. The lowest BCUT2D eigenvalue weighted by Crippen LogP contribution is -2.46. The van der Waals surface area contributed by atoms with Crippen molar-refractivity contribution in [1.29, 1.82) is 0 Å². The van der Waals surface area contributed by atoms with Crippen molar-refractivity contribution in [3.05, 3.63) is 66.4 Å². The predicted octanol–water partition coefficient (Wildman–Crippen LogP) is 2.49. The number of anilines is 1. The number of rotatable bonds is 4. The van der Waals surface area contributed by atoms with Crippen molar-refractivity contribution in [3.63, 3.8) is 0 Å². The minimum Gasteiger partial charge on any atom is -0.414 e. The first-order valence-electron chi connectivity index (χ1n) is 10.3. The molecule has 0 spiro atoms. The summed E-state index contributed by atoms with van der Waals surface area (Å²) in [7, 11) is 0. The minimum atomic E-state index is 0.0291. The van der Waals surface area contributed by atoms with Gasteiger partial charge in [-0.2, -0.15) is 0 Å². The lowest BCUT2D eigenvalue weighted by molar-refractivity contribution is 0.0736. The van der Waals surface area contributed by atoms with Crippen LogP contribution in [0.3, 0.4) is 0 Å². The van der Waals surface area contributed by atoms with Gasteiger partial charge in [0.05, 0.1) is 11.9 Å². The van der Waals surface area contributed by atoms with Crippen LogP contribution in [0, 0.1) is 0 Å². The van der Waals surface area contributed by atoms with Crippen LogP contribution >= 0.6 is 0 Å². The molecule has 3 heterocycles. The molecule has 1 fully saturated rings. The van der Waals surface area contributed by atoms with Gasteiger partial charge in [0.25, 0.3) is 11.8 Å². The Bertz CT molecular complexity index is 1230. The largest absolute Gasteiger partial charge is 0.414 e. The zero-order valence-corrected chi connectivity index (χ0v) is 17.2. The number of hydrogen-bond donors (Lipinski definition) is 2. The first-order valence-corrected chi connectivity index (χ1v) is 10.3. The number of carbonyl (C=O) groups excluding carboxylic acids is 1. The fraction of sp³-hybridized carbons (Fsp3) is 0.174. The van der Waals surface area contributed by atoms with E-state index in [0.717, 1.165) is 24.2 Å². The first kappa shape index (κ1) is 19.8. The third-order valence-corrected chi connectivity index (χ3v) is 5.28. The van der Waals surface area contributed by atoms with E-state index in [1.165, 1.54) is 0 Å². The number of nitrogens with two attached hydrogens (primary N) is 1. The van der Waals surface area contributed by atoms with Crippen LogP contribution in [-0.4, -0.2) is 57.2 Å². The van der Waals surface area contributed by atoms with E-state index in [4.69, 9.17) is 10.2 Å². The highest BCUT2D eigenvalue weighted by Crippen LogP contribution is 2.28. The summed E-state index contributed by atoms with van der Waals surface area (Å²) in [6, 6.07) is 16.8. The molecule has 1 saturated heterocycles. The number of hydrogen-bond acceptors (Lipinski definition) is 8. The summed E-state index contributed by atoms with van der Waals surface area (Å²) in [6.07, 6.45) is 1.58. The number of benzene rings is 2. The van der Waals surface area contributed by atoms with Crippen molar-refractivity contribution in [1.82, 2.24) is 30.4 Å². The van der Waals surface area contributed by atoms with Gasteiger partial charge in [0.15, 0.2) is 11.5 Å². The number of aromatic nitrogens is 4. The van der Waals surface area contributed by atoms with Gasteiger partial charge in [-0.3, -0.25) is 4.79 Å². The SMILES string of the molecule is Nc1ncc(-c2ccc(C(=O)N3CCNCC3)cc2)nc1-c1nnc(-c2ccccc2)o1. The molecule has 0 radical (unpaired) electrons. The third-order valence-electron chi connectivity index (χ3n) is 5.28. The van der Waals surface area contributed by atoms with Crippen LogP contribution in [0.4, 0.5) is 5.82 Å². The Morgan fingerprint density at radius 1 is 0.938 bits per heavy atom. The molecule has 1 aliphatic rings. The summed E-state index contributed by atoms with van der Waals surface area (Å²) in [6.45, 7) is 3.05. The number of piperazine rings is 1. The van der Waals surface area contributed by atoms with E-state index in [-0.39, 0.29) is 17.6 Å². The Balaban J connectivity index is 1.40. The fourth-order valence-corrected chi connectivity index (χ4v) is 3.55. The van der Waals surface area contributed by atoms with Crippen molar-refractivity contribution in [2.24, 2.45) is 0 Å². The Hall–Kier alpha value is -4.11. The maximum Gasteiger partial charge on any atom is 0.270 e. The molecule has 5 rings (SSSR count). The topological polar surface area (TPSA) is 123 Å². The van der Waals surface area contributed by atoms with Crippen LogP contribution in [0.15, 0.2) is 65.2 Å². The Kier molecular flexibility index (Phi) is 5.30. The van der Waals surface area contributed by atoms with Gasteiger partial charge in [0, 0.05) is 42.9 Å². The molecule has 0 atom stereocenters. The van der Waals surface area contributed by atoms with Crippen molar-refractivity contribution < 1.29 is 9.21 Å². The molecule has 3 N–H and O–H groups in total. The van der Waals surface area contributed by atoms with Gasteiger partial charge in [0.2, 0.25) is 5.89 Å². The van der Waals surface area contributed by atoms with Crippen molar-refractivity contribution in [3.8, 4) is 34.3 Å². The van der Waals surface area contributed by atoms with Crippen LogP contribution in [0.25, 0.3) is 34.3 Å².